The molecule has 2 rings (SSSR count). The topological polar surface area (TPSA) is 42.2 Å². The zero-order valence-corrected chi connectivity index (χ0v) is 12.2. The van der Waals surface area contributed by atoms with Crippen molar-refractivity contribution in [2.75, 3.05) is 0 Å². The second-order valence-corrected chi connectivity index (χ2v) is 5.40. The summed E-state index contributed by atoms with van der Waals surface area (Å²) in [4.78, 5) is 11.5. The predicted molar refractivity (Wildman–Crippen MR) is 78.1 cm³/mol. The Labute approximate surface area is 113 Å². The van der Waals surface area contributed by atoms with Crippen molar-refractivity contribution in [2.45, 2.75) is 47.1 Å². The molecule has 0 spiro atoms. The lowest BCUT2D eigenvalue weighted by molar-refractivity contribution is 0.0698. The second-order valence-electron chi connectivity index (χ2n) is 5.40. The van der Waals surface area contributed by atoms with Crippen LogP contribution in [0.4, 0.5) is 0 Å². The molecule has 0 aliphatic carbocycles. The third-order valence-corrected chi connectivity index (χ3v) is 3.72. The summed E-state index contributed by atoms with van der Waals surface area (Å²) in [6, 6.07) is 4.12. The fourth-order valence-corrected chi connectivity index (χ4v) is 3.03. The highest BCUT2D eigenvalue weighted by molar-refractivity contribution is 6.04. The smallest absolute Gasteiger partial charge is 0.337 e. The highest BCUT2D eigenvalue weighted by Gasteiger charge is 2.20. The van der Waals surface area contributed by atoms with Gasteiger partial charge in [0.1, 0.15) is 0 Å². The van der Waals surface area contributed by atoms with Gasteiger partial charge < -0.3 is 9.67 Å². The molecule has 1 aromatic carbocycles. The third-order valence-electron chi connectivity index (χ3n) is 3.72. The summed E-state index contributed by atoms with van der Waals surface area (Å²) < 4.78 is 2.15. The van der Waals surface area contributed by atoms with Gasteiger partial charge in [-0.3, -0.25) is 0 Å². The standard InChI is InChI=1S/C16H21NO2/c1-6-12-11(5)17(9(2)3)15-13(12)7-10(4)8-14(15)16(18)19/h7-9H,6H2,1-5H3,(H,18,19). The van der Waals surface area contributed by atoms with Crippen LogP contribution in [0.1, 0.15) is 54.0 Å². The van der Waals surface area contributed by atoms with Gasteiger partial charge in [-0.25, -0.2) is 4.79 Å². The van der Waals surface area contributed by atoms with Crippen molar-refractivity contribution in [3.63, 3.8) is 0 Å². The van der Waals surface area contributed by atoms with E-state index in [0.29, 0.717) is 5.56 Å². The molecule has 0 aliphatic heterocycles. The van der Waals surface area contributed by atoms with Crippen molar-refractivity contribution in [2.24, 2.45) is 0 Å². The number of aromatic nitrogens is 1. The molecule has 0 bridgehead atoms. The molecule has 1 N–H and O–H groups in total. The molecule has 0 unspecified atom stereocenters. The molecule has 1 aromatic heterocycles. The molecule has 1 heterocycles. The molecular weight excluding hydrogens is 238 g/mol. The highest BCUT2D eigenvalue weighted by Crippen LogP contribution is 2.32. The Morgan fingerprint density at radius 1 is 1.32 bits per heavy atom. The summed E-state index contributed by atoms with van der Waals surface area (Å²) in [5.41, 5.74) is 4.71. The number of hydrogen-bond donors (Lipinski definition) is 1. The summed E-state index contributed by atoms with van der Waals surface area (Å²) >= 11 is 0. The van der Waals surface area contributed by atoms with E-state index in [1.807, 2.05) is 6.92 Å². The first-order valence-electron chi connectivity index (χ1n) is 6.75. The molecule has 0 fully saturated rings. The monoisotopic (exact) mass is 259 g/mol. The van der Waals surface area contributed by atoms with Crippen molar-refractivity contribution in [3.05, 3.63) is 34.5 Å². The number of nitrogens with zero attached hydrogens (tertiary/aromatic N) is 1. The Balaban J connectivity index is 3.02. The number of aromatic carboxylic acids is 1. The lowest BCUT2D eigenvalue weighted by Crippen LogP contribution is -2.07. The van der Waals surface area contributed by atoms with Crippen LogP contribution in [0.5, 0.6) is 0 Å². The van der Waals surface area contributed by atoms with E-state index >= 15 is 0 Å². The van der Waals surface area contributed by atoms with Crippen LogP contribution in [-0.4, -0.2) is 15.6 Å². The van der Waals surface area contributed by atoms with Gasteiger partial charge in [-0.15, -0.1) is 0 Å². The number of carboxylic acid groups (broad SMARTS) is 1. The predicted octanol–water partition coefficient (Wildman–Crippen LogP) is 4.10. The minimum Gasteiger partial charge on any atom is -0.478 e. The zero-order chi connectivity index (χ0) is 14.3. The van der Waals surface area contributed by atoms with Crippen LogP contribution in [0.25, 0.3) is 10.9 Å². The molecule has 0 saturated heterocycles. The maximum atomic E-state index is 11.5. The van der Waals surface area contributed by atoms with E-state index in [0.717, 1.165) is 22.9 Å². The summed E-state index contributed by atoms with van der Waals surface area (Å²) in [5.74, 6) is -0.851. The number of benzene rings is 1. The maximum Gasteiger partial charge on any atom is 0.337 e. The van der Waals surface area contributed by atoms with E-state index in [4.69, 9.17) is 0 Å². The van der Waals surface area contributed by atoms with E-state index < -0.39 is 5.97 Å². The van der Waals surface area contributed by atoms with Gasteiger partial charge in [0, 0.05) is 17.1 Å². The van der Waals surface area contributed by atoms with Crippen molar-refractivity contribution in [3.8, 4) is 0 Å². The van der Waals surface area contributed by atoms with Gasteiger partial charge in [0.25, 0.3) is 0 Å². The molecule has 0 atom stereocenters. The minimum absolute atomic E-state index is 0.253. The van der Waals surface area contributed by atoms with Crippen molar-refractivity contribution in [1.29, 1.82) is 0 Å². The van der Waals surface area contributed by atoms with Crippen molar-refractivity contribution < 1.29 is 9.90 Å². The van der Waals surface area contributed by atoms with Crippen molar-refractivity contribution >= 4 is 16.9 Å². The Morgan fingerprint density at radius 2 is 1.95 bits per heavy atom. The second kappa shape index (κ2) is 4.72. The summed E-state index contributed by atoms with van der Waals surface area (Å²) in [7, 11) is 0. The number of fused-ring (bicyclic) bond motifs is 1. The van der Waals surface area contributed by atoms with E-state index in [1.54, 1.807) is 6.07 Å². The van der Waals surface area contributed by atoms with Crippen LogP contribution in [-0.2, 0) is 6.42 Å². The lowest BCUT2D eigenvalue weighted by Gasteiger charge is -2.14. The van der Waals surface area contributed by atoms with Crippen LogP contribution in [0, 0.1) is 13.8 Å². The van der Waals surface area contributed by atoms with Crippen LogP contribution < -0.4 is 0 Å². The average Bonchev–Trinajstić information content (AvgIpc) is 2.59. The third kappa shape index (κ3) is 2.03. The molecule has 102 valence electrons. The molecule has 0 aliphatic rings. The van der Waals surface area contributed by atoms with Gasteiger partial charge >= 0.3 is 5.97 Å². The molecular formula is C16H21NO2. The van der Waals surface area contributed by atoms with E-state index in [1.165, 1.54) is 11.3 Å². The quantitative estimate of drug-likeness (QED) is 0.901. The SMILES string of the molecule is CCc1c(C)n(C(C)C)c2c(C(=O)O)cc(C)cc12. The van der Waals surface area contributed by atoms with Gasteiger partial charge in [-0.05, 0) is 57.4 Å². The highest BCUT2D eigenvalue weighted by atomic mass is 16.4. The summed E-state index contributed by atoms with van der Waals surface area (Å²) in [6.07, 6.45) is 0.921. The van der Waals surface area contributed by atoms with Crippen LogP contribution >= 0.6 is 0 Å². The summed E-state index contributed by atoms with van der Waals surface area (Å²) in [5, 5.41) is 10.6. The first kappa shape index (κ1) is 13.7. The Bertz CT molecular complexity index is 651. The van der Waals surface area contributed by atoms with Gasteiger partial charge in [-0.1, -0.05) is 6.92 Å². The van der Waals surface area contributed by atoms with E-state index in [-0.39, 0.29) is 6.04 Å². The number of hydrogen-bond acceptors (Lipinski definition) is 1. The molecule has 19 heavy (non-hydrogen) atoms. The van der Waals surface area contributed by atoms with E-state index in [2.05, 4.69) is 38.3 Å². The minimum atomic E-state index is -0.851. The van der Waals surface area contributed by atoms with Gasteiger partial charge in [0.2, 0.25) is 0 Å². The molecule has 2 aromatic rings. The van der Waals surface area contributed by atoms with Gasteiger partial charge in [-0.2, -0.15) is 0 Å². The summed E-state index contributed by atoms with van der Waals surface area (Å²) in [6.45, 7) is 10.3. The van der Waals surface area contributed by atoms with Crippen molar-refractivity contribution in [1.82, 2.24) is 4.57 Å². The molecule has 0 radical (unpaired) electrons. The first-order valence-corrected chi connectivity index (χ1v) is 6.75. The van der Waals surface area contributed by atoms with Crippen LogP contribution in [0.2, 0.25) is 0 Å². The first-order chi connectivity index (χ1) is 8.88. The maximum absolute atomic E-state index is 11.5. The molecule has 3 heteroatoms. The van der Waals surface area contributed by atoms with E-state index in [9.17, 15) is 9.90 Å². The van der Waals surface area contributed by atoms with Gasteiger partial charge in [0.05, 0.1) is 11.1 Å². The van der Waals surface area contributed by atoms with Gasteiger partial charge in [0.15, 0.2) is 0 Å². The Hall–Kier alpha value is -1.77. The number of carbonyl (C=O) groups is 1. The Kier molecular flexibility index (Phi) is 3.40. The lowest BCUT2D eigenvalue weighted by atomic mass is 10.0. The van der Waals surface area contributed by atoms with Crippen LogP contribution in [0.15, 0.2) is 12.1 Å². The normalized spacial score (nSPS) is 11.5. The number of aryl methyl sites for hydroxylation is 2. The Morgan fingerprint density at radius 3 is 2.42 bits per heavy atom. The number of rotatable bonds is 3. The molecule has 3 nitrogen and oxygen atoms in total. The average molecular weight is 259 g/mol. The molecule has 0 saturated carbocycles. The zero-order valence-electron chi connectivity index (χ0n) is 12.2. The molecule has 0 amide bonds. The fraction of sp³-hybridized carbons (Fsp3) is 0.438. The largest absolute Gasteiger partial charge is 0.478 e. The fourth-order valence-electron chi connectivity index (χ4n) is 3.03. The van der Waals surface area contributed by atoms with Crippen LogP contribution in [0.3, 0.4) is 0 Å². The number of carboxylic acids is 1.